The first-order valence-electron chi connectivity index (χ1n) is 8.24. The van der Waals surface area contributed by atoms with Crippen LogP contribution < -0.4 is 9.64 Å². The van der Waals surface area contributed by atoms with Gasteiger partial charge in [0.25, 0.3) is 5.91 Å². The molecule has 0 saturated heterocycles. The van der Waals surface area contributed by atoms with Crippen LogP contribution in [0.2, 0.25) is 0 Å². The zero-order valence-electron chi connectivity index (χ0n) is 15.4. The molecule has 0 atom stereocenters. The fraction of sp³-hybridized carbons (Fsp3) is 0.474. The molecule has 2 rings (SSSR count). The molecule has 0 aliphatic heterocycles. The van der Waals surface area contributed by atoms with Crippen molar-refractivity contribution in [1.29, 1.82) is 0 Å². The summed E-state index contributed by atoms with van der Waals surface area (Å²) in [6.45, 7) is 10.5. The molecule has 0 spiro atoms. The molecular formula is C19H27N3O2. The molecule has 5 nitrogen and oxygen atoms in total. The predicted octanol–water partition coefficient (Wildman–Crippen LogP) is 3.87. The number of nitrogens with zero attached hydrogens (tertiary/aromatic N) is 2. The van der Waals surface area contributed by atoms with Crippen molar-refractivity contribution >= 4 is 11.7 Å². The Morgan fingerprint density at radius 1 is 1.29 bits per heavy atom. The Labute approximate surface area is 144 Å². The number of carbonyl (C=O) groups excluding carboxylic acids is 1. The van der Waals surface area contributed by atoms with Gasteiger partial charge in [-0.1, -0.05) is 52.8 Å². The zero-order chi connectivity index (χ0) is 17.9. The van der Waals surface area contributed by atoms with Crippen LogP contribution in [0.25, 0.3) is 0 Å². The van der Waals surface area contributed by atoms with Gasteiger partial charge in [0.15, 0.2) is 12.4 Å². The first-order valence-corrected chi connectivity index (χ1v) is 8.24. The number of amides is 1. The van der Waals surface area contributed by atoms with Gasteiger partial charge >= 0.3 is 0 Å². The third-order valence-electron chi connectivity index (χ3n) is 3.97. The van der Waals surface area contributed by atoms with Crippen molar-refractivity contribution in [2.75, 3.05) is 18.6 Å². The molecule has 0 aliphatic carbocycles. The van der Waals surface area contributed by atoms with Crippen molar-refractivity contribution in [3.63, 3.8) is 0 Å². The van der Waals surface area contributed by atoms with E-state index in [2.05, 4.69) is 44.8 Å². The van der Waals surface area contributed by atoms with Gasteiger partial charge in [-0.15, -0.1) is 0 Å². The number of para-hydroxylation sites is 1. The van der Waals surface area contributed by atoms with Crippen molar-refractivity contribution in [1.82, 2.24) is 10.2 Å². The monoisotopic (exact) mass is 329 g/mol. The first kappa shape index (κ1) is 18.0. The van der Waals surface area contributed by atoms with Crippen molar-refractivity contribution in [3.05, 3.63) is 41.6 Å². The van der Waals surface area contributed by atoms with E-state index in [1.54, 1.807) is 7.05 Å². The third kappa shape index (κ3) is 4.16. The van der Waals surface area contributed by atoms with Crippen molar-refractivity contribution in [3.8, 4) is 5.75 Å². The molecule has 130 valence electrons. The number of nitrogens with one attached hydrogen (secondary N) is 1. The van der Waals surface area contributed by atoms with E-state index in [9.17, 15) is 4.79 Å². The molecule has 24 heavy (non-hydrogen) atoms. The zero-order valence-corrected chi connectivity index (χ0v) is 15.4. The summed E-state index contributed by atoms with van der Waals surface area (Å²) in [6, 6.07) is 9.73. The Morgan fingerprint density at radius 2 is 1.96 bits per heavy atom. The lowest BCUT2D eigenvalue weighted by molar-refractivity contribution is -0.120. The van der Waals surface area contributed by atoms with Crippen LogP contribution in [0.15, 0.2) is 30.3 Å². The van der Waals surface area contributed by atoms with Crippen LogP contribution in [0.1, 0.15) is 51.8 Å². The number of aromatic nitrogens is 2. The molecule has 0 fully saturated rings. The van der Waals surface area contributed by atoms with Gasteiger partial charge < -0.3 is 4.74 Å². The summed E-state index contributed by atoms with van der Waals surface area (Å²) in [5, 5.41) is 7.15. The van der Waals surface area contributed by atoms with Crippen LogP contribution >= 0.6 is 0 Å². The van der Waals surface area contributed by atoms with Gasteiger partial charge in [0.1, 0.15) is 5.75 Å². The lowest BCUT2D eigenvalue weighted by Gasteiger charge is -2.23. The molecule has 0 radical (unpaired) electrons. The summed E-state index contributed by atoms with van der Waals surface area (Å²) < 4.78 is 5.79. The first-order chi connectivity index (χ1) is 11.2. The van der Waals surface area contributed by atoms with Crippen molar-refractivity contribution in [2.24, 2.45) is 0 Å². The molecule has 0 aliphatic rings. The van der Waals surface area contributed by atoms with Crippen LogP contribution in [-0.4, -0.2) is 29.8 Å². The second kappa shape index (κ2) is 7.07. The van der Waals surface area contributed by atoms with E-state index in [1.807, 2.05) is 30.3 Å². The van der Waals surface area contributed by atoms with E-state index < -0.39 is 0 Å². The Kier molecular flexibility index (Phi) is 5.32. The number of anilines is 1. The maximum atomic E-state index is 12.4. The third-order valence-corrected chi connectivity index (χ3v) is 3.97. The van der Waals surface area contributed by atoms with Crippen LogP contribution in [0.3, 0.4) is 0 Å². The van der Waals surface area contributed by atoms with Crippen LogP contribution in [0.5, 0.6) is 5.75 Å². The van der Waals surface area contributed by atoms with Gasteiger partial charge in [0.2, 0.25) is 0 Å². The van der Waals surface area contributed by atoms with Crippen LogP contribution in [0, 0.1) is 0 Å². The Hall–Kier alpha value is -2.30. The highest BCUT2D eigenvalue weighted by atomic mass is 16.5. The maximum absolute atomic E-state index is 12.4. The van der Waals surface area contributed by atoms with E-state index in [-0.39, 0.29) is 17.9 Å². The molecule has 0 unspecified atom stereocenters. The van der Waals surface area contributed by atoms with Gasteiger partial charge in [-0.25, -0.2) is 0 Å². The van der Waals surface area contributed by atoms with E-state index in [0.29, 0.717) is 11.7 Å². The minimum Gasteiger partial charge on any atom is -0.483 e. The van der Waals surface area contributed by atoms with Crippen LogP contribution in [0.4, 0.5) is 5.82 Å². The summed E-state index contributed by atoms with van der Waals surface area (Å²) in [5.41, 5.74) is 2.05. The topological polar surface area (TPSA) is 58.2 Å². The Bertz CT molecular complexity index is 699. The van der Waals surface area contributed by atoms with Crippen LogP contribution in [-0.2, 0) is 10.2 Å². The van der Waals surface area contributed by atoms with Gasteiger partial charge in [-0.2, -0.15) is 5.10 Å². The number of H-pyrrole nitrogens is 1. The number of benzene rings is 1. The number of likely N-dealkylation sites (N-methyl/N-ethyl adjacent to an activating group) is 1. The predicted molar refractivity (Wildman–Crippen MR) is 96.7 cm³/mol. The van der Waals surface area contributed by atoms with Crippen molar-refractivity contribution in [2.45, 2.75) is 46.0 Å². The summed E-state index contributed by atoms with van der Waals surface area (Å²) >= 11 is 0. The highest BCUT2D eigenvalue weighted by Gasteiger charge is 2.20. The molecule has 1 heterocycles. The number of ether oxygens (including phenoxy) is 1. The molecule has 0 bridgehead atoms. The van der Waals surface area contributed by atoms with Crippen molar-refractivity contribution < 1.29 is 9.53 Å². The normalized spacial score (nSPS) is 11.6. The van der Waals surface area contributed by atoms with E-state index in [0.717, 1.165) is 17.0 Å². The van der Waals surface area contributed by atoms with Gasteiger partial charge in [0, 0.05) is 18.8 Å². The molecular weight excluding hydrogens is 302 g/mol. The highest BCUT2D eigenvalue weighted by molar-refractivity contribution is 5.93. The fourth-order valence-electron chi connectivity index (χ4n) is 2.37. The Balaban J connectivity index is 2.05. The fourth-order valence-corrected chi connectivity index (χ4v) is 2.37. The van der Waals surface area contributed by atoms with Gasteiger partial charge in [-0.05, 0) is 23.0 Å². The number of hydrogen-bond acceptors (Lipinski definition) is 3. The molecule has 1 aromatic carbocycles. The number of aromatic amines is 1. The quantitative estimate of drug-likeness (QED) is 0.906. The summed E-state index contributed by atoms with van der Waals surface area (Å²) in [5.74, 6) is 1.55. The van der Waals surface area contributed by atoms with Gasteiger partial charge in [-0.3, -0.25) is 14.8 Å². The SMILES string of the molecule is CC(C)c1cc(N(C)C(=O)COc2ccccc2C(C)(C)C)n[nH]1. The number of rotatable bonds is 5. The summed E-state index contributed by atoms with van der Waals surface area (Å²) in [7, 11) is 1.71. The highest BCUT2D eigenvalue weighted by Crippen LogP contribution is 2.31. The number of carbonyl (C=O) groups is 1. The largest absolute Gasteiger partial charge is 0.483 e. The molecule has 5 heteroatoms. The van der Waals surface area contributed by atoms with E-state index >= 15 is 0 Å². The van der Waals surface area contributed by atoms with E-state index in [4.69, 9.17) is 4.74 Å². The molecule has 1 N–H and O–H groups in total. The molecule has 1 amide bonds. The second-order valence-electron chi connectivity index (χ2n) is 7.32. The lowest BCUT2D eigenvalue weighted by Crippen LogP contribution is -2.31. The minimum atomic E-state index is -0.138. The molecule has 1 aromatic heterocycles. The summed E-state index contributed by atoms with van der Waals surface area (Å²) in [6.07, 6.45) is 0. The lowest BCUT2D eigenvalue weighted by atomic mass is 9.86. The maximum Gasteiger partial charge on any atom is 0.265 e. The minimum absolute atomic E-state index is 0.0204. The second-order valence-corrected chi connectivity index (χ2v) is 7.32. The average Bonchev–Trinajstić information content (AvgIpc) is 3.01. The smallest absolute Gasteiger partial charge is 0.265 e. The Morgan fingerprint density at radius 3 is 2.54 bits per heavy atom. The average molecular weight is 329 g/mol. The summed E-state index contributed by atoms with van der Waals surface area (Å²) in [4.78, 5) is 13.9. The number of hydrogen-bond donors (Lipinski definition) is 1. The molecule has 2 aromatic rings. The van der Waals surface area contributed by atoms with E-state index in [1.165, 1.54) is 4.90 Å². The standard InChI is InChI=1S/C19H27N3O2/c1-13(2)15-11-17(21-20-15)22(6)18(23)12-24-16-10-8-7-9-14(16)19(3,4)5/h7-11,13H,12H2,1-6H3,(H,20,21). The van der Waals surface area contributed by atoms with Gasteiger partial charge in [0.05, 0.1) is 0 Å². The molecule has 0 saturated carbocycles.